The number of carboxylic acid groups (broad SMARTS) is 1. The number of aliphatic carboxylic acids is 1. The van der Waals surface area contributed by atoms with Crippen LogP contribution in [0.2, 0.25) is 0 Å². The Hall–Kier alpha value is -3.39. The molecule has 0 spiro atoms. The number of carbonyl (C=O) groups is 3. The summed E-state index contributed by atoms with van der Waals surface area (Å²) in [5.74, 6) is -1.74. The van der Waals surface area contributed by atoms with E-state index in [4.69, 9.17) is 9.47 Å². The van der Waals surface area contributed by atoms with E-state index in [0.717, 1.165) is 22.3 Å². The molecule has 0 saturated heterocycles. The third-order valence-electron chi connectivity index (χ3n) is 6.08. The molecule has 0 fully saturated rings. The van der Waals surface area contributed by atoms with Crippen LogP contribution in [0.1, 0.15) is 37.3 Å². The summed E-state index contributed by atoms with van der Waals surface area (Å²) in [6.07, 6.45) is -0.462. The Morgan fingerprint density at radius 3 is 2.15 bits per heavy atom. The van der Waals surface area contributed by atoms with Crippen LogP contribution in [0.3, 0.4) is 0 Å². The van der Waals surface area contributed by atoms with Gasteiger partial charge >= 0.3 is 12.1 Å². The summed E-state index contributed by atoms with van der Waals surface area (Å²) < 4.78 is 10.6. The number of nitrogens with zero attached hydrogens (tertiary/aromatic N) is 1. The van der Waals surface area contributed by atoms with Crippen LogP contribution >= 0.6 is 0 Å². The van der Waals surface area contributed by atoms with Crippen molar-refractivity contribution < 1.29 is 29.0 Å². The lowest BCUT2D eigenvalue weighted by Crippen LogP contribution is -2.58. The smallest absolute Gasteiger partial charge is 0.408 e. The molecule has 0 aliphatic heterocycles. The first-order valence-electron chi connectivity index (χ1n) is 10.9. The average Bonchev–Trinajstić information content (AvgIpc) is 3.13. The van der Waals surface area contributed by atoms with Gasteiger partial charge in [0.15, 0.2) is 0 Å². The van der Waals surface area contributed by atoms with Gasteiger partial charge in [0.1, 0.15) is 18.7 Å². The molecule has 1 atom stereocenters. The molecule has 33 heavy (non-hydrogen) atoms. The van der Waals surface area contributed by atoms with Crippen LogP contribution in [-0.4, -0.2) is 66.9 Å². The predicted molar refractivity (Wildman–Crippen MR) is 123 cm³/mol. The number of benzene rings is 2. The third-order valence-corrected chi connectivity index (χ3v) is 6.08. The molecule has 8 nitrogen and oxygen atoms in total. The number of carboxylic acids is 1. The van der Waals surface area contributed by atoms with Gasteiger partial charge in [0, 0.05) is 19.6 Å². The Labute approximate surface area is 193 Å². The molecule has 2 aromatic carbocycles. The topological polar surface area (TPSA) is 105 Å². The van der Waals surface area contributed by atoms with Crippen molar-refractivity contribution in [3.8, 4) is 11.1 Å². The molecule has 0 saturated carbocycles. The highest BCUT2D eigenvalue weighted by atomic mass is 16.5. The molecule has 3 rings (SSSR count). The van der Waals surface area contributed by atoms with Crippen LogP contribution in [0.4, 0.5) is 4.79 Å². The Morgan fingerprint density at radius 2 is 1.64 bits per heavy atom. The lowest BCUT2D eigenvalue weighted by molar-refractivity contribution is -0.147. The second-order valence-electron chi connectivity index (χ2n) is 8.25. The van der Waals surface area contributed by atoms with Crippen molar-refractivity contribution in [1.29, 1.82) is 0 Å². The van der Waals surface area contributed by atoms with Gasteiger partial charge in [0.2, 0.25) is 5.91 Å². The summed E-state index contributed by atoms with van der Waals surface area (Å²) in [4.78, 5) is 38.2. The Kier molecular flexibility index (Phi) is 7.71. The fourth-order valence-corrected chi connectivity index (χ4v) is 4.12. The van der Waals surface area contributed by atoms with Crippen LogP contribution in [0.25, 0.3) is 11.1 Å². The summed E-state index contributed by atoms with van der Waals surface area (Å²) >= 11 is 0. The number of alkyl carbamates (subject to hydrolysis) is 1. The molecule has 2 amide bonds. The standard InChI is InChI=1S/C25H30N2O6/c1-4-25(2,23(30)27(13-14-32-3)15-22(28)29)26-24(31)33-16-21-19-11-7-5-9-17(19)18-10-6-8-12-20(18)21/h5-12,21H,4,13-16H2,1-3H3,(H,26,31)(H,28,29). The molecular weight excluding hydrogens is 424 g/mol. The van der Waals surface area contributed by atoms with E-state index in [1.165, 1.54) is 12.0 Å². The number of ether oxygens (including phenoxy) is 2. The minimum absolute atomic E-state index is 0.100. The second kappa shape index (κ2) is 10.5. The van der Waals surface area contributed by atoms with E-state index >= 15 is 0 Å². The quantitative estimate of drug-likeness (QED) is 0.571. The van der Waals surface area contributed by atoms with E-state index in [1.54, 1.807) is 13.8 Å². The van der Waals surface area contributed by atoms with Gasteiger partial charge in [-0.05, 0) is 35.6 Å². The number of nitrogens with one attached hydrogen (secondary N) is 1. The van der Waals surface area contributed by atoms with Gasteiger partial charge in [-0.1, -0.05) is 55.5 Å². The van der Waals surface area contributed by atoms with Gasteiger partial charge in [-0.25, -0.2) is 4.79 Å². The molecule has 0 heterocycles. The van der Waals surface area contributed by atoms with Crippen molar-refractivity contribution in [2.45, 2.75) is 31.7 Å². The molecule has 0 radical (unpaired) electrons. The van der Waals surface area contributed by atoms with Crippen molar-refractivity contribution in [2.75, 3.05) is 33.4 Å². The molecular formula is C25H30N2O6. The first-order chi connectivity index (χ1) is 15.8. The number of rotatable bonds is 10. The van der Waals surface area contributed by atoms with Gasteiger partial charge in [0.05, 0.1) is 6.61 Å². The fraction of sp³-hybridized carbons (Fsp3) is 0.400. The summed E-state index contributed by atoms with van der Waals surface area (Å²) in [6, 6.07) is 16.0. The number of hydrogen-bond acceptors (Lipinski definition) is 5. The van der Waals surface area contributed by atoms with Gasteiger partial charge in [0.25, 0.3) is 0 Å². The normalized spacial score (nSPS) is 14.0. The zero-order chi connectivity index (χ0) is 24.0. The zero-order valence-corrected chi connectivity index (χ0v) is 19.2. The first-order valence-corrected chi connectivity index (χ1v) is 10.9. The highest BCUT2D eigenvalue weighted by Crippen LogP contribution is 2.44. The van der Waals surface area contributed by atoms with Gasteiger partial charge < -0.3 is 24.8 Å². The van der Waals surface area contributed by atoms with Crippen LogP contribution in [-0.2, 0) is 19.1 Å². The highest BCUT2D eigenvalue weighted by Gasteiger charge is 2.38. The second-order valence-corrected chi connectivity index (χ2v) is 8.25. The van der Waals surface area contributed by atoms with Crippen LogP contribution in [0.5, 0.6) is 0 Å². The largest absolute Gasteiger partial charge is 0.480 e. The van der Waals surface area contributed by atoms with E-state index in [2.05, 4.69) is 17.4 Å². The lowest BCUT2D eigenvalue weighted by Gasteiger charge is -2.33. The van der Waals surface area contributed by atoms with Gasteiger partial charge in [-0.15, -0.1) is 0 Å². The summed E-state index contributed by atoms with van der Waals surface area (Å²) in [7, 11) is 1.47. The van der Waals surface area contributed by atoms with Crippen molar-refractivity contribution in [3.05, 3.63) is 59.7 Å². The van der Waals surface area contributed by atoms with Gasteiger partial charge in [-0.3, -0.25) is 9.59 Å². The molecule has 1 aliphatic rings. The molecule has 2 aromatic rings. The molecule has 8 heteroatoms. The highest BCUT2D eigenvalue weighted by molar-refractivity contribution is 5.91. The van der Waals surface area contributed by atoms with Crippen LogP contribution in [0, 0.1) is 0 Å². The number of methoxy groups -OCH3 is 1. The number of amides is 2. The molecule has 0 aromatic heterocycles. The van der Waals surface area contributed by atoms with Crippen LogP contribution < -0.4 is 5.32 Å². The van der Waals surface area contributed by atoms with E-state index in [9.17, 15) is 19.5 Å². The maximum absolute atomic E-state index is 13.1. The molecule has 176 valence electrons. The molecule has 0 bridgehead atoms. The zero-order valence-electron chi connectivity index (χ0n) is 19.2. The lowest BCUT2D eigenvalue weighted by atomic mass is 9.96. The monoisotopic (exact) mass is 454 g/mol. The minimum Gasteiger partial charge on any atom is -0.480 e. The van der Waals surface area contributed by atoms with E-state index in [0.29, 0.717) is 0 Å². The van der Waals surface area contributed by atoms with Crippen molar-refractivity contribution >= 4 is 18.0 Å². The van der Waals surface area contributed by atoms with Crippen molar-refractivity contribution in [2.24, 2.45) is 0 Å². The third kappa shape index (κ3) is 5.34. The summed E-state index contributed by atoms with van der Waals surface area (Å²) in [5, 5.41) is 11.8. The number of hydrogen-bond donors (Lipinski definition) is 2. The first kappa shape index (κ1) is 24.3. The Balaban J connectivity index is 1.70. The number of fused-ring (bicyclic) bond motifs is 3. The Morgan fingerprint density at radius 1 is 1.06 bits per heavy atom. The molecule has 2 N–H and O–H groups in total. The minimum atomic E-state index is -1.31. The summed E-state index contributed by atoms with van der Waals surface area (Å²) in [5.41, 5.74) is 3.11. The maximum atomic E-state index is 13.1. The van der Waals surface area contributed by atoms with Crippen molar-refractivity contribution in [1.82, 2.24) is 10.2 Å². The molecule has 1 aliphatic carbocycles. The van der Waals surface area contributed by atoms with Crippen molar-refractivity contribution in [3.63, 3.8) is 0 Å². The number of carbonyl (C=O) groups excluding carboxylic acids is 2. The molecule has 1 unspecified atom stereocenters. The maximum Gasteiger partial charge on any atom is 0.408 e. The van der Waals surface area contributed by atoms with Gasteiger partial charge in [-0.2, -0.15) is 0 Å². The van der Waals surface area contributed by atoms with Crippen LogP contribution in [0.15, 0.2) is 48.5 Å². The SMILES string of the molecule is CCC(C)(NC(=O)OCC1c2ccccc2-c2ccccc21)C(=O)N(CCOC)CC(=O)O. The average molecular weight is 455 g/mol. The van der Waals surface area contributed by atoms with E-state index in [-0.39, 0.29) is 32.1 Å². The summed E-state index contributed by atoms with van der Waals surface area (Å²) in [6.45, 7) is 3.24. The fourth-order valence-electron chi connectivity index (χ4n) is 4.12. The Bertz CT molecular complexity index is 978. The van der Waals surface area contributed by atoms with E-state index < -0.39 is 30.1 Å². The predicted octanol–water partition coefficient (Wildman–Crippen LogP) is 3.25. The van der Waals surface area contributed by atoms with E-state index in [1.807, 2.05) is 36.4 Å².